The molecule has 0 amide bonds. The van der Waals surface area contributed by atoms with Crippen molar-refractivity contribution in [2.45, 2.75) is 12.1 Å². The third-order valence-electron chi connectivity index (χ3n) is 11.3. The molecule has 3 aliphatic rings. The Morgan fingerprint density at radius 3 is 1.02 bits per heavy atom. The number of ether oxygens (including phenoxy) is 4. The first-order valence-electron chi connectivity index (χ1n) is 20.2. The molecule has 0 spiro atoms. The molecule has 9 rings (SSSR count). The van der Waals surface area contributed by atoms with Gasteiger partial charge in [-0.3, -0.25) is 0 Å². The number of carbonyl (C=O) groups is 4. The van der Waals surface area contributed by atoms with Crippen LogP contribution < -0.4 is 20.7 Å². The third kappa shape index (κ3) is 8.37. The van der Waals surface area contributed by atoms with Crippen LogP contribution in [0.15, 0.2) is 157 Å². The number of hydrogen-bond acceptors (Lipinski definition) is 8. The summed E-state index contributed by atoms with van der Waals surface area (Å²) >= 11 is 0. The molecule has 3 aliphatic heterocycles. The number of rotatable bonds is 8. The smallest absolute Gasteiger partial charge is 0.337 e. The summed E-state index contributed by atoms with van der Waals surface area (Å²) in [4.78, 5) is 60.5. The Kier molecular flexibility index (Phi) is 12.4. The zero-order valence-electron chi connectivity index (χ0n) is 35.4. The average Bonchev–Trinajstić information content (AvgIpc) is 4.20. The molecule has 327 valence electrons. The van der Waals surface area contributed by atoms with E-state index in [1.807, 2.05) is 97.1 Å². The predicted octanol–water partition coefficient (Wildman–Crippen LogP) is 7.00. The largest absolute Gasteiger partial charge is 0.674 e. The van der Waals surface area contributed by atoms with Gasteiger partial charge in [-0.2, -0.15) is 0 Å². The van der Waals surface area contributed by atoms with Crippen LogP contribution in [0.1, 0.15) is 75.1 Å². The van der Waals surface area contributed by atoms with E-state index in [1.165, 1.54) is 28.4 Å². The molecular weight excluding hydrogens is 868 g/mol. The molecule has 2 aromatic heterocycles. The molecule has 0 saturated carbocycles. The van der Waals surface area contributed by atoms with Crippen molar-refractivity contribution in [1.82, 2.24) is 9.97 Å². The summed E-state index contributed by atoms with van der Waals surface area (Å²) in [6.07, 6.45) is 7.92. The van der Waals surface area contributed by atoms with E-state index in [2.05, 4.69) is 0 Å². The molecule has 0 aliphatic carbocycles. The summed E-state index contributed by atoms with van der Waals surface area (Å²) in [5.74, 6) is -1.83. The number of methoxy groups -OCH3 is 4. The maximum absolute atomic E-state index is 12.5. The fraction of sp³-hybridized carbons (Fsp3) is 0.115. The first-order valence-corrected chi connectivity index (χ1v) is 20.2. The van der Waals surface area contributed by atoms with Crippen LogP contribution in [0.3, 0.4) is 0 Å². The summed E-state index contributed by atoms with van der Waals surface area (Å²) in [6, 6.07) is 35.2. The minimum absolute atomic E-state index is 0. The normalized spacial score (nSPS) is 19.9. The third-order valence-corrected chi connectivity index (χ3v) is 11.3. The first-order chi connectivity index (χ1) is 31.2. The van der Waals surface area contributed by atoms with E-state index in [9.17, 15) is 19.2 Å². The van der Waals surface area contributed by atoms with Crippen LogP contribution >= 0.6 is 0 Å². The fourth-order valence-electron chi connectivity index (χ4n) is 8.14. The van der Waals surface area contributed by atoms with E-state index < -0.39 is 36.0 Å². The van der Waals surface area contributed by atoms with Crippen molar-refractivity contribution in [3.8, 4) is 0 Å². The minimum atomic E-state index is -0.525. The maximum Gasteiger partial charge on any atom is 0.337 e. The topological polar surface area (TPSA) is 162 Å². The van der Waals surface area contributed by atoms with E-state index in [-0.39, 0.29) is 16.8 Å². The SMILES string of the molecule is COC(=O)c1ccc(/C2=C3\C=CC([N-]3)/C(c3ccc(C(=O)OC)cc3)=c3/cc/c([n-]3)=C(\c3ccc(C(=O)OC)cc3)C3C=C/C(=C(\c4ccc(C(=O)OC)cc4)c4ccc2[n-]4)[N-]3)cc1.[Co]. The van der Waals surface area contributed by atoms with E-state index in [0.29, 0.717) is 55.7 Å². The van der Waals surface area contributed by atoms with Gasteiger partial charge >= 0.3 is 23.9 Å². The van der Waals surface area contributed by atoms with Gasteiger partial charge in [0.25, 0.3) is 0 Å². The quantitative estimate of drug-likeness (QED) is 0.115. The van der Waals surface area contributed by atoms with E-state index in [1.54, 1.807) is 48.5 Å². The Labute approximate surface area is 384 Å². The number of hydrogen-bond donors (Lipinski definition) is 0. The molecule has 2 unspecified atom stereocenters. The minimum Gasteiger partial charge on any atom is -0.674 e. The Morgan fingerprint density at radius 1 is 0.400 bits per heavy atom. The van der Waals surface area contributed by atoms with Gasteiger partial charge in [-0.15, -0.1) is 33.5 Å². The first kappa shape index (κ1) is 43.8. The monoisotopic (exact) mass is 905 g/mol. The Bertz CT molecular complexity index is 2890. The fourth-order valence-corrected chi connectivity index (χ4v) is 8.14. The molecular formula is C52H38CoN4O8-4. The van der Waals surface area contributed by atoms with Crippen molar-refractivity contribution in [1.29, 1.82) is 0 Å². The van der Waals surface area contributed by atoms with Gasteiger partial charge in [-0.1, -0.05) is 120 Å². The van der Waals surface area contributed by atoms with E-state index in [0.717, 1.165) is 44.5 Å². The molecule has 0 saturated heterocycles. The zero-order chi connectivity index (χ0) is 44.5. The molecule has 2 atom stereocenters. The van der Waals surface area contributed by atoms with Crippen LogP contribution in [0.2, 0.25) is 0 Å². The number of nitrogens with zero attached hydrogens (tertiary/aromatic N) is 4. The molecule has 6 aromatic rings. The Hall–Kier alpha value is -7.87. The number of allylic oxidation sites excluding steroid dienone is 2. The molecule has 65 heavy (non-hydrogen) atoms. The molecule has 0 fully saturated rings. The van der Waals surface area contributed by atoms with Crippen LogP contribution in [-0.2, 0) is 35.7 Å². The second-order valence-corrected chi connectivity index (χ2v) is 14.9. The molecule has 5 heterocycles. The number of fused-ring (bicyclic) bond motifs is 8. The van der Waals surface area contributed by atoms with Gasteiger partial charge < -0.3 is 39.5 Å². The van der Waals surface area contributed by atoms with Gasteiger partial charge in [0, 0.05) is 16.8 Å². The van der Waals surface area contributed by atoms with Crippen LogP contribution in [0.5, 0.6) is 0 Å². The van der Waals surface area contributed by atoms with Gasteiger partial charge in [-0.25, -0.2) is 19.2 Å². The van der Waals surface area contributed by atoms with Crippen LogP contribution in [-0.4, -0.2) is 64.4 Å². The summed E-state index contributed by atoms with van der Waals surface area (Å²) in [5.41, 5.74) is 10.2. The molecule has 1 radical (unpaired) electrons. The summed E-state index contributed by atoms with van der Waals surface area (Å²) < 4.78 is 19.9. The Morgan fingerprint density at radius 2 is 0.708 bits per heavy atom. The standard InChI is InChI=1S/C52H41N4O8.Co/c1-61-49(57)33-13-5-29(6-14-33)45-37-21-23-39(53-37)46(30-7-15-34(16-8-30)50(58)62-2)41-25-27-43(55-41)48(32-11-19-36(20-12-32)52(60)64-4)44-28-26-42(56-44)47(40-24-22-38(45)54-40)31-9-17-35(18-10-31)51(59)63-3;/h5-28,37,42H,1-4H3,(H3-,53,54,55,56,57,58,59,60);/q-1;/p-3. The van der Waals surface area contributed by atoms with E-state index >= 15 is 0 Å². The van der Waals surface area contributed by atoms with Crippen LogP contribution in [0, 0.1) is 0 Å². The molecule has 13 heteroatoms. The van der Waals surface area contributed by atoms with Crippen molar-refractivity contribution in [3.63, 3.8) is 0 Å². The van der Waals surface area contributed by atoms with Crippen LogP contribution in [0.4, 0.5) is 0 Å². The van der Waals surface area contributed by atoms with Gasteiger partial charge in [-0.05, 0) is 81.9 Å². The molecule has 8 bridgehead atoms. The number of benzene rings is 4. The molecule has 0 N–H and O–H groups in total. The van der Waals surface area contributed by atoms with Gasteiger partial charge in [0.05, 0.1) is 50.7 Å². The second-order valence-electron chi connectivity index (χ2n) is 14.9. The Balaban J connectivity index is 0.00000576. The molecule has 4 aromatic carbocycles. The van der Waals surface area contributed by atoms with E-state index in [4.69, 9.17) is 39.5 Å². The van der Waals surface area contributed by atoms with Crippen molar-refractivity contribution in [2.75, 3.05) is 28.4 Å². The molecule has 12 nitrogen and oxygen atoms in total. The number of aromatic nitrogens is 2. The average molecular weight is 906 g/mol. The predicted molar refractivity (Wildman–Crippen MR) is 240 cm³/mol. The number of carbonyl (C=O) groups excluding carboxylic acids is 4. The van der Waals surface area contributed by atoms with Crippen molar-refractivity contribution >= 4 is 46.2 Å². The summed E-state index contributed by atoms with van der Waals surface area (Å²) in [6.45, 7) is 0. The van der Waals surface area contributed by atoms with Crippen molar-refractivity contribution in [2.24, 2.45) is 0 Å². The van der Waals surface area contributed by atoms with Gasteiger partial charge in [0.15, 0.2) is 0 Å². The van der Waals surface area contributed by atoms with Gasteiger partial charge in [0.2, 0.25) is 0 Å². The van der Waals surface area contributed by atoms with Crippen molar-refractivity contribution < 1.29 is 54.9 Å². The second kappa shape index (κ2) is 18.5. The summed E-state index contributed by atoms with van der Waals surface area (Å²) in [5, 5.41) is 12.0. The maximum atomic E-state index is 12.5. The zero-order valence-corrected chi connectivity index (χ0v) is 36.4. The van der Waals surface area contributed by atoms with Gasteiger partial charge in [0.1, 0.15) is 0 Å². The van der Waals surface area contributed by atoms with Crippen LogP contribution in [0.25, 0.3) is 32.9 Å². The van der Waals surface area contributed by atoms with Crippen molar-refractivity contribution in [3.05, 3.63) is 234 Å². The number of esters is 4. The summed E-state index contributed by atoms with van der Waals surface area (Å²) in [7, 11) is 5.37.